The quantitative estimate of drug-likeness (QED) is 0.338. The molecule has 1 fully saturated rings. The van der Waals surface area contributed by atoms with Gasteiger partial charge < -0.3 is 14.8 Å². The maximum Gasteiger partial charge on any atom is 0.215 e. The van der Waals surface area contributed by atoms with E-state index in [9.17, 15) is 8.42 Å². The smallest absolute Gasteiger partial charge is 0.215 e. The predicted molar refractivity (Wildman–Crippen MR) is 121 cm³/mol. The fraction of sp³-hybridized carbons (Fsp3) is 0.688. The Morgan fingerprint density at radius 3 is 2.65 bits per heavy atom. The van der Waals surface area contributed by atoms with Gasteiger partial charge in [-0.15, -0.1) is 24.0 Å². The molecule has 150 valence electrons. The highest BCUT2D eigenvalue weighted by Gasteiger charge is 2.23. The lowest BCUT2D eigenvalue weighted by atomic mass is 10.4. The van der Waals surface area contributed by atoms with E-state index in [2.05, 4.69) is 20.9 Å². The lowest BCUT2D eigenvalue weighted by molar-refractivity contribution is 0.443. The van der Waals surface area contributed by atoms with Crippen LogP contribution in [0.3, 0.4) is 0 Å². The van der Waals surface area contributed by atoms with Crippen LogP contribution in [0.4, 0.5) is 0 Å². The maximum atomic E-state index is 12.4. The molecule has 0 saturated carbocycles. The van der Waals surface area contributed by atoms with Crippen molar-refractivity contribution in [2.24, 2.45) is 12.0 Å². The molecule has 1 aromatic heterocycles. The van der Waals surface area contributed by atoms with E-state index in [4.69, 9.17) is 0 Å². The zero-order valence-corrected chi connectivity index (χ0v) is 19.7. The van der Waals surface area contributed by atoms with Crippen LogP contribution < -0.4 is 5.32 Å². The van der Waals surface area contributed by atoms with Crippen molar-refractivity contribution in [2.75, 3.05) is 50.5 Å². The van der Waals surface area contributed by atoms with Gasteiger partial charge in [0.25, 0.3) is 0 Å². The topological polar surface area (TPSA) is 69.9 Å². The Hall–Kier alpha value is -0.460. The number of halogens is 1. The van der Waals surface area contributed by atoms with Crippen molar-refractivity contribution >= 4 is 51.7 Å². The third kappa shape index (κ3) is 6.93. The summed E-state index contributed by atoms with van der Waals surface area (Å²) in [6.45, 7) is 4.96. The molecule has 0 bridgehead atoms. The first-order valence-electron chi connectivity index (χ1n) is 8.59. The average molecular weight is 515 g/mol. The normalized spacial score (nSPS) is 16.2. The van der Waals surface area contributed by atoms with Crippen LogP contribution in [0.1, 0.15) is 12.6 Å². The number of nitrogens with zero attached hydrogens (tertiary/aromatic N) is 4. The van der Waals surface area contributed by atoms with Crippen LogP contribution in [0.5, 0.6) is 0 Å². The van der Waals surface area contributed by atoms with Gasteiger partial charge in [-0.2, -0.15) is 11.8 Å². The van der Waals surface area contributed by atoms with Gasteiger partial charge in [-0.3, -0.25) is 4.99 Å². The first kappa shape index (κ1) is 23.6. The van der Waals surface area contributed by atoms with Crippen LogP contribution in [-0.2, 0) is 23.6 Å². The second-order valence-electron chi connectivity index (χ2n) is 6.03. The maximum absolute atomic E-state index is 12.4. The molecule has 7 nitrogen and oxygen atoms in total. The average Bonchev–Trinajstić information content (AvgIpc) is 2.99. The Morgan fingerprint density at radius 2 is 2.08 bits per heavy atom. The fourth-order valence-corrected chi connectivity index (χ4v) is 5.12. The molecular formula is C16H30IN5O2S2. The van der Waals surface area contributed by atoms with E-state index in [1.165, 1.54) is 5.69 Å². The zero-order valence-electron chi connectivity index (χ0n) is 15.7. The van der Waals surface area contributed by atoms with Gasteiger partial charge in [0.1, 0.15) is 0 Å². The minimum atomic E-state index is -3.21. The van der Waals surface area contributed by atoms with E-state index in [0.29, 0.717) is 19.6 Å². The number of hydrogen-bond acceptors (Lipinski definition) is 4. The molecular weight excluding hydrogens is 485 g/mol. The van der Waals surface area contributed by atoms with Crippen molar-refractivity contribution in [2.45, 2.75) is 13.5 Å². The van der Waals surface area contributed by atoms with E-state index >= 15 is 0 Å². The van der Waals surface area contributed by atoms with Crippen molar-refractivity contribution in [3.8, 4) is 0 Å². The molecule has 0 atom stereocenters. The molecule has 0 aliphatic carbocycles. The lowest BCUT2D eigenvalue weighted by Crippen LogP contribution is -2.41. The second kappa shape index (κ2) is 11.4. The Kier molecular flexibility index (Phi) is 10.3. The summed E-state index contributed by atoms with van der Waals surface area (Å²) in [4.78, 5) is 6.53. The molecule has 1 aliphatic heterocycles. The molecule has 0 spiro atoms. The van der Waals surface area contributed by atoms with Crippen LogP contribution >= 0.6 is 35.7 Å². The number of aliphatic imine (C=N–C) groups is 1. The van der Waals surface area contributed by atoms with E-state index in [1.54, 1.807) is 16.1 Å². The summed E-state index contributed by atoms with van der Waals surface area (Å²) >= 11 is 1.80. The molecule has 1 aromatic rings. The third-order valence-electron chi connectivity index (χ3n) is 4.12. The molecule has 2 heterocycles. The molecule has 1 N–H and O–H groups in total. The largest absolute Gasteiger partial charge is 0.357 e. The van der Waals surface area contributed by atoms with Gasteiger partial charge in [-0.05, 0) is 19.1 Å². The molecule has 2 rings (SSSR count). The van der Waals surface area contributed by atoms with E-state index in [0.717, 1.165) is 24.0 Å². The summed E-state index contributed by atoms with van der Waals surface area (Å²) in [7, 11) is 0.760. The summed E-state index contributed by atoms with van der Waals surface area (Å²) < 4.78 is 28.5. The standard InChI is InChI=1S/C16H29N5O2S2.HI/c1-4-17-16(20(3)14-15-6-5-8-19(15)2)18-7-13-25(22,23)21-9-11-24-12-10-21;/h5-6,8H,4,7,9-14H2,1-3H3,(H,17,18);1H. The van der Waals surface area contributed by atoms with Crippen molar-refractivity contribution in [3.63, 3.8) is 0 Å². The van der Waals surface area contributed by atoms with Crippen LogP contribution in [-0.4, -0.2) is 78.6 Å². The van der Waals surface area contributed by atoms with E-state index in [1.807, 2.05) is 38.2 Å². The number of sulfonamides is 1. The minimum Gasteiger partial charge on any atom is -0.357 e. The number of nitrogens with one attached hydrogen (secondary N) is 1. The summed E-state index contributed by atoms with van der Waals surface area (Å²) in [5, 5.41) is 3.23. The molecule has 1 aliphatic rings. The first-order chi connectivity index (χ1) is 11.9. The zero-order chi connectivity index (χ0) is 18.3. The van der Waals surface area contributed by atoms with Gasteiger partial charge in [-0.25, -0.2) is 12.7 Å². The highest BCUT2D eigenvalue weighted by atomic mass is 127. The number of rotatable bonds is 7. The first-order valence-corrected chi connectivity index (χ1v) is 11.4. The van der Waals surface area contributed by atoms with Crippen LogP contribution in [0.2, 0.25) is 0 Å². The molecule has 0 aromatic carbocycles. The summed E-state index contributed by atoms with van der Waals surface area (Å²) in [5.74, 6) is 2.55. The van der Waals surface area contributed by atoms with Gasteiger partial charge >= 0.3 is 0 Å². The number of thioether (sulfide) groups is 1. The highest BCUT2D eigenvalue weighted by Crippen LogP contribution is 2.13. The third-order valence-corrected chi connectivity index (χ3v) is 6.91. The Morgan fingerprint density at radius 1 is 1.38 bits per heavy atom. The highest BCUT2D eigenvalue weighted by molar-refractivity contribution is 14.0. The molecule has 0 amide bonds. The van der Waals surface area contributed by atoms with Gasteiger partial charge in [0.05, 0.1) is 18.8 Å². The summed E-state index contributed by atoms with van der Waals surface area (Å²) in [6.07, 6.45) is 2.01. The van der Waals surface area contributed by atoms with Gasteiger partial charge in [0, 0.05) is 57.1 Å². The molecule has 10 heteroatoms. The van der Waals surface area contributed by atoms with Crippen molar-refractivity contribution < 1.29 is 8.42 Å². The van der Waals surface area contributed by atoms with Crippen LogP contribution in [0.25, 0.3) is 0 Å². The molecule has 1 saturated heterocycles. The fourth-order valence-electron chi connectivity index (χ4n) is 2.67. The number of aryl methyl sites for hydroxylation is 1. The number of aromatic nitrogens is 1. The minimum absolute atomic E-state index is 0. The number of guanidine groups is 1. The van der Waals surface area contributed by atoms with Crippen molar-refractivity contribution in [1.29, 1.82) is 0 Å². The number of hydrogen-bond donors (Lipinski definition) is 1. The summed E-state index contributed by atoms with van der Waals surface area (Å²) in [5.41, 5.74) is 1.17. The van der Waals surface area contributed by atoms with Crippen LogP contribution in [0, 0.1) is 0 Å². The van der Waals surface area contributed by atoms with Gasteiger partial charge in [-0.1, -0.05) is 0 Å². The second-order valence-corrected chi connectivity index (χ2v) is 9.34. The molecule has 0 radical (unpaired) electrons. The molecule has 0 unspecified atom stereocenters. The van der Waals surface area contributed by atoms with Gasteiger partial charge in [0.2, 0.25) is 10.0 Å². The summed E-state index contributed by atoms with van der Waals surface area (Å²) in [6, 6.07) is 4.08. The predicted octanol–water partition coefficient (Wildman–Crippen LogP) is 1.42. The monoisotopic (exact) mass is 515 g/mol. The van der Waals surface area contributed by atoms with Gasteiger partial charge in [0.15, 0.2) is 5.96 Å². The van der Waals surface area contributed by atoms with E-state index in [-0.39, 0.29) is 36.3 Å². The SMILES string of the molecule is CCNC(=NCCS(=O)(=O)N1CCSCC1)N(C)Cc1cccn1C.I. The Bertz CT molecular complexity index is 672. The Labute approximate surface area is 178 Å². The molecule has 26 heavy (non-hydrogen) atoms. The van der Waals surface area contributed by atoms with E-state index < -0.39 is 10.0 Å². The van der Waals surface area contributed by atoms with Crippen molar-refractivity contribution in [1.82, 2.24) is 19.1 Å². The Balaban J connectivity index is 0.00000338. The lowest BCUT2D eigenvalue weighted by Gasteiger charge is -2.25. The van der Waals surface area contributed by atoms with Crippen LogP contribution in [0.15, 0.2) is 23.3 Å². The van der Waals surface area contributed by atoms with Crippen molar-refractivity contribution in [3.05, 3.63) is 24.0 Å².